The van der Waals surface area contributed by atoms with Crippen molar-refractivity contribution in [3.8, 4) is 0 Å². The topological polar surface area (TPSA) is 56.3 Å². The molecule has 0 spiro atoms. The Morgan fingerprint density at radius 1 is 1.40 bits per heavy atom. The Hall–Kier alpha value is -1.20. The lowest BCUT2D eigenvalue weighted by Crippen LogP contribution is -2.08. The summed E-state index contributed by atoms with van der Waals surface area (Å²) >= 11 is 0. The van der Waals surface area contributed by atoms with Crippen LogP contribution in [0.5, 0.6) is 0 Å². The van der Waals surface area contributed by atoms with Crippen LogP contribution in [0.4, 0.5) is 5.82 Å². The number of aromatic nitrogens is 2. The Kier molecular flexibility index (Phi) is 4.45. The molecule has 84 valence electrons. The predicted octanol–water partition coefficient (Wildman–Crippen LogP) is 1.37. The van der Waals surface area contributed by atoms with Gasteiger partial charge in [-0.15, -0.1) is 0 Å². The fourth-order valence-electron chi connectivity index (χ4n) is 1.16. The van der Waals surface area contributed by atoms with Gasteiger partial charge >= 0.3 is 0 Å². The third-order valence-corrected chi connectivity index (χ3v) is 2.06. The van der Waals surface area contributed by atoms with E-state index in [0.29, 0.717) is 12.4 Å². The van der Waals surface area contributed by atoms with Crippen molar-refractivity contribution in [3.05, 3.63) is 17.6 Å². The first-order valence-corrected chi connectivity index (χ1v) is 4.78. The van der Waals surface area contributed by atoms with Crippen LogP contribution in [0.15, 0.2) is 6.07 Å². The summed E-state index contributed by atoms with van der Waals surface area (Å²) in [5.74, 6) is 1.44. The molecule has 0 bridgehead atoms. The number of nitrogens with one attached hydrogen (secondary N) is 1. The minimum Gasteiger partial charge on any atom is -0.378 e. The Morgan fingerprint density at radius 2 is 2.13 bits per heavy atom. The molecule has 0 saturated heterocycles. The molecule has 1 aromatic heterocycles. The fourth-order valence-corrected chi connectivity index (χ4v) is 1.16. The number of ether oxygens (including phenoxy) is 2. The normalized spacial score (nSPS) is 12.5. The van der Waals surface area contributed by atoms with Gasteiger partial charge in [-0.05, 0) is 6.92 Å². The molecule has 1 aromatic rings. The van der Waals surface area contributed by atoms with Crippen molar-refractivity contribution >= 4 is 5.82 Å². The Balaban J connectivity index is 2.99. The zero-order chi connectivity index (χ0) is 11.3. The second kappa shape index (κ2) is 5.63. The van der Waals surface area contributed by atoms with E-state index in [4.69, 9.17) is 9.47 Å². The van der Waals surface area contributed by atoms with Crippen molar-refractivity contribution in [3.63, 3.8) is 0 Å². The molecule has 0 fully saturated rings. The molecule has 1 atom stereocenters. The van der Waals surface area contributed by atoms with E-state index in [2.05, 4.69) is 15.3 Å². The Labute approximate surface area is 89.8 Å². The lowest BCUT2D eigenvalue weighted by molar-refractivity contribution is 0.111. The minimum absolute atomic E-state index is 0.117. The second-order valence-electron chi connectivity index (χ2n) is 3.16. The highest BCUT2D eigenvalue weighted by atomic mass is 16.5. The van der Waals surface area contributed by atoms with E-state index in [1.807, 2.05) is 20.0 Å². The summed E-state index contributed by atoms with van der Waals surface area (Å²) in [5, 5.41) is 2.98. The summed E-state index contributed by atoms with van der Waals surface area (Å²) in [4.78, 5) is 8.64. The molecule has 0 aliphatic carbocycles. The standard InChI is InChI=1S/C10H17N3O2/c1-7(15-4)10-12-8(6-14-3)5-9(11-2)13-10/h5,7H,6H2,1-4H3,(H,11,12,13). The van der Waals surface area contributed by atoms with Crippen LogP contribution in [0.1, 0.15) is 24.5 Å². The van der Waals surface area contributed by atoms with Gasteiger partial charge in [-0.2, -0.15) is 0 Å². The SMILES string of the molecule is CNc1cc(COC)nc(C(C)OC)n1. The van der Waals surface area contributed by atoms with Crippen molar-refractivity contribution in [1.82, 2.24) is 9.97 Å². The molecule has 5 nitrogen and oxygen atoms in total. The molecule has 1 rings (SSSR count). The molecule has 1 heterocycles. The van der Waals surface area contributed by atoms with Gasteiger partial charge in [0, 0.05) is 27.3 Å². The van der Waals surface area contributed by atoms with Crippen molar-refractivity contribution in [2.45, 2.75) is 19.6 Å². The fraction of sp³-hybridized carbons (Fsp3) is 0.600. The first-order chi connectivity index (χ1) is 7.21. The number of hydrogen-bond acceptors (Lipinski definition) is 5. The third kappa shape index (κ3) is 3.14. The van der Waals surface area contributed by atoms with Gasteiger partial charge in [0.25, 0.3) is 0 Å². The maximum atomic E-state index is 5.18. The zero-order valence-corrected chi connectivity index (χ0v) is 9.57. The van der Waals surface area contributed by atoms with Crippen LogP contribution in [-0.4, -0.2) is 31.2 Å². The number of methoxy groups -OCH3 is 2. The number of nitrogens with zero attached hydrogens (tertiary/aromatic N) is 2. The summed E-state index contributed by atoms with van der Waals surface area (Å²) < 4.78 is 10.2. The van der Waals surface area contributed by atoms with Crippen molar-refractivity contribution in [1.29, 1.82) is 0 Å². The molecule has 15 heavy (non-hydrogen) atoms. The second-order valence-corrected chi connectivity index (χ2v) is 3.16. The molecule has 1 unspecified atom stereocenters. The molecule has 0 radical (unpaired) electrons. The van der Waals surface area contributed by atoms with Crippen LogP contribution in [0.25, 0.3) is 0 Å². The van der Waals surface area contributed by atoms with Gasteiger partial charge in [-0.3, -0.25) is 0 Å². The van der Waals surface area contributed by atoms with E-state index in [1.165, 1.54) is 0 Å². The van der Waals surface area contributed by atoms with Crippen LogP contribution in [0.3, 0.4) is 0 Å². The number of anilines is 1. The summed E-state index contributed by atoms with van der Waals surface area (Å²) in [6, 6.07) is 1.86. The average molecular weight is 211 g/mol. The molecule has 0 aliphatic rings. The lowest BCUT2D eigenvalue weighted by Gasteiger charge is -2.11. The van der Waals surface area contributed by atoms with Crippen LogP contribution in [-0.2, 0) is 16.1 Å². The number of rotatable bonds is 5. The zero-order valence-electron chi connectivity index (χ0n) is 9.57. The Morgan fingerprint density at radius 3 is 2.67 bits per heavy atom. The van der Waals surface area contributed by atoms with E-state index < -0.39 is 0 Å². The molecule has 5 heteroatoms. The number of hydrogen-bond donors (Lipinski definition) is 1. The van der Waals surface area contributed by atoms with Gasteiger partial charge in [-0.25, -0.2) is 9.97 Å². The van der Waals surface area contributed by atoms with Gasteiger partial charge in [0.1, 0.15) is 11.9 Å². The van der Waals surface area contributed by atoms with Gasteiger partial charge in [0.2, 0.25) is 0 Å². The monoisotopic (exact) mass is 211 g/mol. The molecule has 1 N–H and O–H groups in total. The third-order valence-electron chi connectivity index (χ3n) is 2.06. The Bertz CT molecular complexity index is 318. The lowest BCUT2D eigenvalue weighted by atomic mass is 10.3. The minimum atomic E-state index is -0.117. The highest BCUT2D eigenvalue weighted by Gasteiger charge is 2.10. The predicted molar refractivity (Wildman–Crippen MR) is 57.7 cm³/mol. The molecule has 0 saturated carbocycles. The van der Waals surface area contributed by atoms with Crippen LogP contribution in [0.2, 0.25) is 0 Å². The van der Waals surface area contributed by atoms with Crippen LogP contribution >= 0.6 is 0 Å². The summed E-state index contributed by atoms with van der Waals surface area (Å²) in [5.41, 5.74) is 0.843. The van der Waals surface area contributed by atoms with Crippen molar-refractivity contribution in [2.75, 3.05) is 26.6 Å². The maximum Gasteiger partial charge on any atom is 0.159 e. The smallest absolute Gasteiger partial charge is 0.159 e. The molecule has 0 amide bonds. The van der Waals surface area contributed by atoms with Gasteiger partial charge < -0.3 is 14.8 Å². The van der Waals surface area contributed by atoms with Crippen molar-refractivity contribution in [2.24, 2.45) is 0 Å². The van der Waals surface area contributed by atoms with Crippen LogP contribution < -0.4 is 5.32 Å². The molecular formula is C10H17N3O2. The first-order valence-electron chi connectivity index (χ1n) is 4.78. The first kappa shape index (κ1) is 11.9. The van der Waals surface area contributed by atoms with Crippen LogP contribution in [0, 0.1) is 0 Å². The molecular weight excluding hydrogens is 194 g/mol. The summed E-state index contributed by atoms with van der Waals surface area (Å²) in [7, 11) is 5.09. The van der Waals surface area contributed by atoms with Gasteiger partial charge in [0.05, 0.1) is 12.3 Å². The van der Waals surface area contributed by atoms with E-state index in [1.54, 1.807) is 14.2 Å². The van der Waals surface area contributed by atoms with Crippen molar-refractivity contribution < 1.29 is 9.47 Å². The quantitative estimate of drug-likeness (QED) is 0.797. The van der Waals surface area contributed by atoms with E-state index >= 15 is 0 Å². The maximum absolute atomic E-state index is 5.18. The summed E-state index contributed by atoms with van der Waals surface area (Å²) in [6.45, 7) is 2.38. The molecule has 0 aromatic carbocycles. The van der Waals surface area contributed by atoms with E-state index in [9.17, 15) is 0 Å². The van der Waals surface area contributed by atoms with Gasteiger partial charge in [0.15, 0.2) is 5.82 Å². The largest absolute Gasteiger partial charge is 0.378 e. The highest BCUT2D eigenvalue weighted by Crippen LogP contribution is 2.15. The highest BCUT2D eigenvalue weighted by molar-refractivity contribution is 5.35. The average Bonchev–Trinajstić information content (AvgIpc) is 2.28. The summed E-state index contributed by atoms with van der Waals surface area (Å²) in [6.07, 6.45) is -0.117. The van der Waals surface area contributed by atoms with E-state index in [0.717, 1.165) is 11.5 Å². The van der Waals surface area contributed by atoms with E-state index in [-0.39, 0.29) is 6.10 Å². The van der Waals surface area contributed by atoms with Gasteiger partial charge in [-0.1, -0.05) is 0 Å². The molecule has 0 aliphatic heterocycles.